The average Bonchev–Trinajstić information content (AvgIpc) is 2.26. The molecule has 0 amide bonds. The van der Waals surface area contributed by atoms with Gasteiger partial charge in [0.25, 0.3) is 0 Å². The maximum absolute atomic E-state index is 12.1. The van der Waals surface area contributed by atoms with E-state index >= 15 is 0 Å². The van der Waals surface area contributed by atoms with Gasteiger partial charge >= 0.3 is 0 Å². The van der Waals surface area contributed by atoms with Gasteiger partial charge in [0, 0.05) is 11.4 Å². The summed E-state index contributed by atoms with van der Waals surface area (Å²) >= 11 is 5.88. The van der Waals surface area contributed by atoms with Crippen molar-refractivity contribution in [1.29, 1.82) is 5.26 Å². The van der Waals surface area contributed by atoms with Crippen LogP contribution in [0.3, 0.4) is 0 Å². The number of halogens is 1. The molecule has 1 aromatic rings. The zero-order chi connectivity index (χ0) is 13.8. The Labute approximate surface area is 114 Å². The fraction of sp³-hybridized carbons (Fsp3) is 0.467. The minimum Gasteiger partial charge on any atom is -0.298 e. The molecule has 0 heterocycles. The van der Waals surface area contributed by atoms with E-state index in [2.05, 4.69) is 26.8 Å². The van der Waals surface area contributed by atoms with E-state index in [1.54, 1.807) is 24.3 Å². The summed E-state index contributed by atoms with van der Waals surface area (Å²) in [4.78, 5) is 12.1. The van der Waals surface area contributed by atoms with Crippen molar-refractivity contribution in [3.63, 3.8) is 0 Å². The van der Waals surface area contributed by atoms with Crippen molar-refractivity contribution in [3.05, 3.63) is 34.9 Å². The average molecular weight is 264 g/mol. The van der Waals surface area contributed by atoms with E-state index in [4.69, 9.17) is 16.9 Å². The molecular formula is C15H18ClNO. The number of hydrogen-bond acceptors (Lipinski definition) is 2. The second kappa shape index (κ2) is 6.02. The van der Waals surface area contributed by atoms with Crippen LogP contribution in [0.1, 0.15) is 45.1 Å². The molecule has 0 aliphatic heterocycles. The fourth-order valence-corrected chi connectivity index (χ4v) is 1.86. The molecule has 0 N–H and O–H groups in total. The van der Waals surface area contributed by atoms with Gasteiger partial charge in [0.15, 0.2) is 5.78 Å². The van der Waals surface area contributed by atoms with Gasteiger partial charge in [-0.2, -0.15) is 5.26 Å². The third kappa shape index (κ3) is 4.50. The van der Waals surface area contributed by atoms with Crippen LogP contribution in [0.15, 0.2) is 24.3 Å². The number of hydrogen-bond donors (Lipinski definition) is 0. The summed E-state index contributed by atoms with van der Waals surface area (Å²) in [5.74, 6) is -0.735. The smallest absolute Gasteiger partial charge is 0.154 e. The van der Waals surface area contributed by atoms with E-state index in [0.29, 0.717) is 17.0 Å². The molecule has 1 unspecified atom stereocenters. The van der Waals surface area contributed by atoms with Gasteiger partial charge in [0.2, 0.25) is 0 Å². The standard InChI is InChI=1S/C15H18ClNO/c1-15(2,3)8-7-14(18)13(10-17)11-5-4-6-12(16)9-11/h4-6,9,13H,7-8H2,1-3H3. The van der Waals surface area contributed by atoms with E-state index in [1.165, 1.54) is 0 Å². The Hall–Kier alpha value is -1.33. The summed E-state index contributed by atoms with van der Waals surface area (Å²) in [5.41, 5.74) is 0.785. The Morgan fingerprint density at radius 3 is 2.61 bits per heavy atom. The van der Waals surface area contributed by atoms with Gasteiger partial charge < -0.3 is 0 Å². The first-order valence-corrected chi connectivity index (χ1v) is 6.39. The monoisotopic (exact) mass is 263 g/mol. The van der Waals surface area contributed by atoms with Crippen LogP contribution < -0.4 is 0 Å². The van der Waals surface area contributed by atoms with E-state index < -0.39 is 5.92 Å². The minimum absolute atomic E-state index is 0.0327. The molecule has 0 fully saturated rings. The lowest BCUT2D eigenvalue weighted by Gasteiger charge is -2.18. The summed E-state index contributed by atoms with van der Waals surface area (Å²) < 4.78 is 0. The Morgan fingerprint density at radius 2 is 2.11 bits per heavy atom. The second-order valence-electron chi connectivity index (χ2n) is 5.64. The van der Waals surface area contributed by atoms with Crippen molar-refractivity contribution in [1.82, 2.24) is 0 Å². The zero-order valence-corrected chi connectivity index (χ0v) is 11.8. The molecule has 96 valence electrons. The molecule has 0 aliphatic rings. The topological polar surface area (TPSA) is 40.9 Å². The quantitative estimate of drug-likeness (QED) is 0.811. The van der Waals surface area contributed by atoms with Gasteiger partial charge in [-0.25, -0.2) is 0 Å². The summed E-state index contributed by atoms with van der Waals surface area (Å²) in [6.45, 7) is 6.25. The zero-order valence-electron chi connectivity index (χ0n) is 11.0. The van der Waals surface area contributed by atoms with Crippen LogP contribution in [0, 0.1) is 16.7 Å². The molecule has 1 rings (SSSR count). The number of benzene rings is 1. The van der Waals surface area contributed by atoms with Crippen molar-refractivity contribution in [3.8, 4) is 6.07 Å². The predicted octanol–water partition coefficient (Wildman–Crippen LogP) is 4.34. The van der Waals surface area contributed by atoms with Crippen molar-refractivity contribution >= 4 is 17.4 Å². The maximum Gasteiger partial charge on any atom is 0.154 e. The van der Waals surface area contributed by atoms with Gasteiger partial charge in [-0.15, -0.1) is 0 Å². The van der Waals surface area contributed by atoms with Crippen LogP contribution >= 0.6 is 11.6 Å². The van der Waals surface area contributed by atoms with Gasteiger partial charge in [-0.1, -0.05) is 44.5 Å². The normalized spacial score (nSPS) is 12.8. The van der Waals surface area contributed by atoms with Crippen molar-refractivity contribution in [2.45, 2.75) is 39.5 Å². The SMILES string of the molecule is CC(C)(C)CCC(=O)C(C#N)c1cccc(Cl)c1. The van der Waals surface area contributed by atoms with Gasteiger partial charge in [0.05, 0.1) is 6.07 Å². The van der Waals surface area contributed by atoms with Crippen LogP contribution in [0.4, 0.5) is 0 Å². The molecule has 18 heavy (non-hydrogen) atoms. The molecule has 3 heteroatoms. The van der Waals surface area contributed by atoms with Crippen LogP contribution in [0.25, 0.3) is 0 Å². The lowest BCUT2D eigenvalue weighted by molar-refractivity contribution is -0.119. The van der Waals surface area contributed by atoms with Gasteiger partial charge in [-0.05, 0) is 29.5 Å². The Kier molecular flexibility index (Phi) is 4.93. The highest BCUT2D eigenvalue weighted by molar-refractivity contribution is 6.30. The number of carbonyl (C=O) groups excluding carboxylic acids is 1. The molecule has 0 aromatic heterocycles. The predicted molar refractivity (Wildman–Crippen MR) is 73.5 cm³/mol. The molecule has 1 aromatic carbocycles. The van der Waals surface area contributed by atoms with Gasteiger partial charge in [0.1, 0.15) is 5.92 Å². The van der Waals surface area contributed by atoms with E-state index in [1.807, 2.05) is 0 Å². The maximum atomic E-state index is 12.1. The van der Waals surface area contributed by atoms with Crippen LogP contribution in [0.2, 0.25) is 5.02 Å². The van der Waals surface area contributed by atoms with E-state index in [9.17, 15) is 4.79 Å². The first-order chi connectivity index (χ1) is 8.33. The second-order valence-corrected chi connectivity index (χ2v) is 6.08. The Balaban J connectivity index is 2.79. The summed E-state index contributed by atoms with van der Waals surface area (Å²) in [7, 11) is 0. The Morgan fingerprint density at radius 1 is 1.44 bits per heavy atom. The highest BCUT2D eigenvalue weighted by atomic mass is 35.5. The number of nitriles is 1. The molecule has 0 saturated heterocycles. The largest absolute Gasteiger partial charge is 0.298 e. The van der Waals surface area contributed by atoms with E-state index in [0.717, 1.165) is 6.42 Å². The third-order valence-electron chi connectivity index (χ3n) is 2.75. The lowest BCUT2D eigenvalue weighted by atomic mass is 9.86. The molecule has 1 atom stereocenters. The third-order valence-corrected chi connectivity index (χ3v) is 2.99. The van der Waals surface area contributed by atoms with Crippen LogP contribution in [0.5, 0.6) is 0 Å². The van der Waals surface area contributed by atoms with E-state index in [-0.39, 0.29) is 11.2 Å². The molecule has 0 bridgehead atoms. The highest BCUT2D eigenvalue weighted by Crippen LogP contribution is 2.26. The Bertz CT molecular complexity index is 468. The molecular weight excluding hydrogens is 246 g/mol. The first kappa shape index (κ1) is 14.7. The van der Waals surface area contributed by atoms with Gasteiger partial charge in [-0.3, -0.25) is 4.79 Å². The molecule has 2 nitrogen and oxygen atoms in total. The van der Waals surface area contributed by atoms with Crippen molar-refractivity contribution in [2.24, 2.45) is 5.41 Å². The van der Waals surface area contributed by atoms with Crippen molar-refractivity contribution in [2.75, 3.05) is 0 Å². The fourth-order valence-electron chi connectivity index (χ4n) is 1.66. The summed E-state index contributed by atoms with van der Waals surface area (Å²) in [5, 5.41) is 9.71. The number of nitrogens with zero attached hydrogens (tertiary/aromatic N) is 1. The summed E-state index contributed by atoms with van der Waals surface area (Å²) in [6, 6.07) is 9.03. The van der Waals surface area contributed by atoms with Crippen LogP contribution in [-0.4, -0.2) is 5.78 Å². The van der Waals surface area contributed by atoms with Crippen molar-refractivity contribution < 1.29 is 4.79 Å². The lowest BCUT2D eigenvalue weighted by Crippen LogP contribution is -2.14. The molecule has 0 spiro atoms. The molecule has 0 radical (unpaired) electrons. The highest BCUT2D eigenvalue weighted by Gasteiger charge is 2.22. The molecule has 0 saturated carbocycles. The number of rotatable bonds is 4. The molecule has 0 aliphatic carbocycles. The number of carbonyl (C=O) groups is 1. The summed E-state index contributed by atoms with van der Waals surface area (Å²) in [6.07, 6.45) is 1.21. The number of Topliss-reactive ketones (excluding diaryl/α,β-unsaturated/α-hetero) is 1. The number of ketones is 1. The van der Waals surface area contributed by atoms with Crippen LogP contribution in [-0.2, 0) is 4.79 Å². The first-order valence-electron chi connectivity index (χ1n) is 6.01. The minimum atomic E-state index is -0.703.